The van der Waals surface area contributed by atoms with Crippen LogP contribution in [0.15, 0.2) is 12.1 Å². The minimum atomic E-state index is -0.335. The van der Waals surface area contributed by atoms with E-state index in [-0.39, 0.29) is 17.2 Å². The summed E-state index contributed by atoms with van der Waals surface area (Å²) < 4.78 is 28.1. The molecule has 0 saturated carbocycles. The van der Waals surface area contributed by atoms with Crippen molar-refractivity contribution in [3.05, 3.63) is 34.2 Å². The number of hydrogen-bond acceptors (Lipinski definition) is 2. The maximum Gasteiger partial charge on any atom is 0.141 e. The van der Waals surface area contributed by atoms with E-state index < -0.39 is 0 Å². The van der Waals surface area contributed by atoms with Gasteiger partial charge in [0.25, 0.3) is 0 Å². The molecule has 1 aromatic heterocycles. The minimum Gasteiger partial charge on any atom is -0.307 e. The quantitative estimate of drug-likeness (QED) is 0.866. The van der Waals surface area contributed by atoms with Crippen molar-refractivity contribution in [2.75, 3.05) is 0 Å². The molecule has 1 aromatic carbocycles. The van der Waals surface area contributed by atoms with E-state index in [1.807, 2.05) is 6.92 Å². The van der Waals surface area contributed by atoms with Gasteiger partial charge in [-0.25, -0.2) is 8.78 Å². The fraction of sp³-hybridized carbons (Fsp3) is 0.467. The van der Waals surface area contributed by atoms with E-state index in [1.165, 1.54) is 23.5 Å². The summed E-state index contributed by atoms with van der Waals surface area (Å²) >= 11 is 1.35. The summed E-state index contributed by atoms with van der Waals surface area (Å²) in [4.78, 5) is 1.02. The van der Waals surface area contributed by atoms with Gasteiger partial charge in [-0.3, -0.25) is 0 Å². The predicted octanol–water partition coefficient (Wildman–Crippen LogP) is 4.63. The Bertz CT molecular complexity index is 596. The fourth-order valence-electron chi connectivity index (χ4n) is 2.10. The molecular weight excluding hydrogens is 264 g/mol. The molecule has 0 unspecified atom stereocenters. The maximum absolute atomic E-state index is 13.9. The summed E-state index contributed by atoms with van der Waals surface area (Å²) in [5.41, 5.74) is 0.909. The number of aryl methyl sites for hydroxylation is 1. The van der Waals surface area contributed by atoms with Crippen molar-refractivity contribution in [2.45, 2.75) is 46.2 Å². The first-order chi connectivity index (χ1) is 8.83. The highest BCUT2D eigenvalue weighted by Gasteiger charge is 2.18. The Morgan fingerprint density at radius 3 is 2.37 bits per heavy atom. The zero-order chi connectivity index (χ0) is 14.2. The molecule has 4 heteroatoms. The fourth-order valence-corrected chi connectivity index (χ4v) is 3.35. The number of benzene rings is 1. The van der Waals surface area contributed by atoms with Crippen LogP contribution in [0.4, 0.5) is 8.78 Å². The number of halogens is 2. The lowest BCUT2D eigenvalue weighted by atomic mass is 10.1. The normalized spacial score (nSPS) is 12.3. The van der Waals surface area contributed by atoms with Crippen molar-refractivity contribution in [1.29, 1.82) is 0 Å². The van der Waals surface area contributed by atoms with Gasteiger partial charge in [-0.15, -0.1) is 11.3 Å². The van der Waals surface area contributed by atoms with Gasteiger partial charge in [0.2, 0.25) is 0 Å². The molecule has 0 fully saturated rings. The second-order valence-electron chi connectivity index (χ2n) is 5.69. The zero-order valence-electron chi connectivity index (χ0n) is 11.7. The molecule has 0 spiro atoms. The molecule has 19 heavy (non-hydrogen) atoms. The van der Waals surface area contributed by atoms with Crippen LogP contribution >= 0.6 is 11.3 Å². The zero-order valence-corrected chi connectivity index (χ0v) is 12.5. The van der Waals surface area contributed by atoms with Crippen LogP contribution in [0, 0.1) is 11.6 Å². The van der Waals surface area contributed by atoms with Gasteiger partial charge in [-0.1, -0.05) is 6.92 Å². The van der Waals surface area contributed by atoms with Gasteiger partial charge >= 0.3 is 0 Å². The van der Waals surface area contributed by atoms with E-state index in [1.54, 1.807) is 0 Å². The SMILES string of the molecule is CCc1c(CNC(C)(C)C)sc2c(F)ccc(F)c12. The highest BCUT2D eigenvalue weighted by atomic mass is 32.1. The van der Waals surface area contributed by atoms with Gasteiger partial charge in [-0.2, -0.15) is 0 Å². The van der Waals surface area contributed by atoms with Crippen LogP contribution in [0.1, 0.15) is 38.1 Å². The molecule has 0 amide bonds. The van der Waals surface area contributed by atoms with Crippen LogP contribution in [0.2, 0.25) is 0 Å². The molecule has 0 radical (unpaired) electrons. The third-order valence-electron chi connectivity index (χ3n) is 3.06. The number of nitrogens with one attached hydrogen (secondary N) is 1. The molecule has 1 nitrogen and oxygen atoms in total. The summed E-state index contributed by atoms with van der Waals surface area (Å²) in [6.45, 7) is 8.85. The average Bonchev–Trinajstić information content (AvgIpc) is 2.70. The number of thiophene rings is 1. The van der Waals surface area contributed by atoms with Crippen molar-refractivity contribution in [3.8, 4) is 0 Å². The summed E-state index contributed by atoms with van der Waals surface area (Å²) in [6.07, 6.45) is 0.710. The Morgan fingerprint density at radius 2 is 1.79 bits per heavy atom. The van der Waals surface area contributed by atoms with Crippen LogP contribution < -0.4 is 5.32 Å². The monoisotopic (exact) mass is 283 g/mol. The Hall–Kier alpha value is -1.00. The number of hydrogen-bond donors (Lipinski definition) is 1. The van der Waals surface area contributed by atoms with Crippen molar-refractivity contribution in [2.24, 2.45) is 0 Å². The molecule has 0 aliphatic carbocycles. The van der Waals surface area contributed by atoms with E-state index in [9.17, 15) is 8.78 Å². The van der Waals surface area contributed by atoms with E-state index in [2.05, 4.69) is 26.1 Å². The minimum absolute atomic E-state index is 0.0156. The molecule has 0 saturated heterocycles. The maximum atomic E-state index is 13.9. The predicted molar refractivity (Wildman–Crippen MR) is 77.7 cm³/mol. The van der Waals surface area contributed by atoms with Gasteiger partial charge in [0.1, 0.15) is 11.6 Å². The van der Waals surface area contributed by atoms with Gasteiger partial charge < -0.3 is 5.32 Å². The Labute approximate surface area is 116 Å². The molecule has 0 aliphatic heterocycles. The van der Waals surface area contributed by atoms with Gasteiger partial charge in [0.05, 0.1) is 4.70 Å². The Balaban J connectivity index is 2.50. The smallest absolute Gasteiger partial charge is 0.141 e. The second-order valence-corrected chi connectivity index (χ2v) is 6.80. The van der Waals surface area contributed by atoms with Gasteiger partial charge in [0, 0.05) is 22.3 Å². The van der Waals surface area contributed by atoms with Crippen LogP contribution in [-0.4, -0.2) is 5.54 Å². The van der Waals surface area contributed by atoms with Crippen molar-refractivity contribution in [1.82, 2.24) is 5.32 Å². The molecule has 0 aliphatic rings. The van der Waals surface area contributed by atoms with Crippen molar-refractivity contribution < 1.29 is 8.78 Å². The Kier molecular flexibility index (Phi) is 3.92. The second kappa shape index (κ2) is 5.17. The van der Waals surface area contributed by atoms with Crippen molar-refractivity contribution in [3.63, 3.8) is 0 Å². The van der Waals surface area contributed by atoms with Crippen LogP contribution in [0.25, 0.3) is 10.1 Å². The van der Waals surface area contributed by atoms with E-state index in [4.69, 9.17) is 0 Å². The highest BCUT2D eigenvalue weighted by Crippen LogP contribution is 2.35. The van der Waals surface area contributed by atoms with Gasteiger partial charge in [0.15, 0.2) is 0 Å². The van der Waals surface area contributed by atoms with Gasteiger partial charge in [-0.05, 0) is 44.9 Å². The number of fused-ring (bicyclic) bond motifs is 1. The molecule has 2 rings (SSSR count). The molecular formula is C15H19F2NS. The van der Waals surface area contributed by atoms with Crippen LogP contribution in [0.5, 0.6) is 0 Å². The van der Waals surface area contributed by atoms with Crippen molar-refractivity contribution >= 4 is 21.4 Å². The first-order valence-electron chi connectivity index (χ1n) is 6.46. The first-order valence-corrected chi connectivity index (χ1v) is 7.28. The third-order valence-corrected chi connectivity index (χ3v) is 4.30. The topological polar surface area (TPSA) is 12.0 Å². The molecule has 2 aromatic rings. The Morgan fingerprint density at radius 1 is 1.16 bits per heavy atom. The summed E-state index contributed by atoms with van der Waals surface area (Å²) in [7, 11) is 0. The van der Waals surface area contributed by atoms with Crippen LogP contribution in [0.3, 0.4) is 0 Å². The first kappa shape index (κ1) is 14.4. The summed E-state index contributed by atoms with van der Waals surface area (Å²) in [6, 6.07) is 2.42. The highest BCUT2D eigenvalue weighted by molar-refractivity contribution is 7.19. The lowest BCUT2D eigenvalue weighted by Crippen LogP contribution is -2.35. The average molecular weight is 283 g/mol. The lowest BCUT2D eigenvalue weighted by molar-refractivity contribution is 0.425. The lowest BCUT2D eigenvalue weighted by Gasteiger charge is -2.20. The molecule has 1 N–H and O–H groups in total. The third kappa shape index (κ3) is 2.95. The van der Waals surface area contributed by atoms with E-state index in [0.29, 0.717) is 23.1 Å². The molecule has 0 atom stereocenters. The largest absolute Gasteiger partial charge is 0.307 e. The molecule has 1 heterocycles. The summed E-state index contributed by atoms with van der Waals surface area (Å²) in [5.74, 6) is -0.662. The van der Waals surface area contributed by atoms with E-state index >= 15 is 0 Å². The molecule has 0 bridgehead atoms. The summed E-state index contributed by atoms with van der Waals surface area (Å²) in [5, 5.41) is 3.83. The molecule has 104 valence electrons. The standard InChI is InChI=1S/C15H19F2NS/c1-5-9-12(8-18-15(2,3)4)19-14-11(17)7-6-10(16)13(9)14/h6-7,18H,5,8H2,1-4H3. The number of rotatable bonds is 3. The van der Waals surface area contributed by atoms with E-state index in [0.717, 1.165) is 10.4 Å². The van der Waals surface area contributed by atoms with Crippen LogP contribution in [-0.2, 0) is 13.0 Å².